The molecule has 1 aliphatic rings. The number of imidazole rings is 1. The van der Waals surface area contributed by atoms with E-state index in [9.17, 15) is 14.7 Å². The third-order valence-electron chi connectivity index (χ3n) is 6.29. The van der Waals surface area contributed by atoms with Crippen LogP contribution in [0.25, 0.3) is 16.8 Å². The molecule has 1 amide bonds. The molecule has 8 nitrogen and oxygen atoms in total. The van der Waals surface area contributed by atoms with Crippen molar-refractivity contribution in [1.29, 1.82) is 0 Å². The first-order valence-electron chi connectivity index (χ1n) is 11.1. The van der Waals surface area contributed by atoms with E-state index in [1.54, 1.807) is 43.8 Å². The lowest BCUT2D eigenvalue weighted by Crippen LogP contribution is -2.30. The molecule has 0 saturated carbocycles. The standard InChI is InChI=1S/C27H24N4O4/c1-14-7-8-19-20(10-14)30-27(29-19)31-23(17-6-5-9-28-13-17)22(25(33)26(31)34)24(32)18-11-16(3)21(35-4)12-15(18)2/h5-13,23,32H,1-4H3,(H,29,30)/b24-22+. The van der Waals surface area contributed by atoms with Crippen LogP contribution < -0.4 is 9.64 Å². The number of aromatic nitrogens is 3. The van der Waals surface area contributed by atoms with Crippen LogP contribution in [0.15, 0.2) is 60.4 Å². The minimum Gasteiger partial charge on any atom is -0.507 e. The number of carbonyl (C=O) groups excluding carboxylic acids is 2. The number of aromatic amines is 1. The van der Waals surface area contributed by atoms with Gasteiger partial charge in [-0.1, -0.05) is 12.1 Å². The van der Waals surface area contributed by atoms with E-state index in [1.165, 1.54) is 4.90 Å². The van der Waals surface area contributed by atoms with Gasteiger partial charge in [0.2, 0.25) is 5.95 Å². The van der Waals surface area contributed by atoms with Crippen LogP contribution in [0.2, 0.25) is 0 Å². The molecule has 4 aromatic rings. The van der Waals surface area contributed by atoms with Crippen LogP contribution in [0.4, 0.5) is 5.95 Å². The van der Waals surface area contributed by atoms with Crippen molar-refractivity contribution in [2.45, 2.75) is 26.8 Å². The molecule has 176 valence electrons. The molecule has 1 fully saturated rings. The van der Waals surface area contributed by atoms with Crippen molar-refractivity contribution in [3.63, 3.8) is 0 Å². The van der Waals surface area contributed by atoms with E-state index in [0.29, 0.717) is 28.0 Å². The highest BCUT2D eigenvalue weighted by Gasteiger charge is 2.48. The van der Waals surface area contributed by atoms with Crippen LogP contribution in [-0.4, -0.2) is 38.9 Å². The number of aliphatic hydroxyl groups is 1. The summed E-state index contributed by atoms with van der Waals surface area (Å²) in [6, 6.07) is 11.8. The first-order valence-corrected chi connectivity index (χ1v) is 11.1. The number of methoxy groups -OCH3 is 1. The minimum atomic E-state index is -0.910. The molecule has 3 heterocycles. The van der Waals surface area contributed by atoms with Crippen molar-refractivity contribution in [2.24, 2.45) is 0 Å². The number of amides is 1. The lowest BCUT2D eigenvalue weighted by molar-refractivity contribution is -0.132. The molecule has 8 heteroatoms. The zero-order chi connectivity index (χ0) is 24.9. The summed E-state index contributed by atoms with van der Waals surface area (Å²) in [6.45, 7) is 5.62. The van der Waals surface area contributed by atoms with Crippen molar-refractivity contribution in [3.8, 4) is 5.75 Å². The predicted molar refractivity (Wildman–Crippen MR) is 132 cm³/mol. The summed E-state index contributed by atoms with van der Waals surface area (Å²) in [5.41, 5.74) is 4.95. The average Bonchev–Trinajstić information content (AvgIpc) is 3.38. The van der Waals surface area contributed by atoms with Gasteiger partial charge in [-0.2, -0.15) is 0 Å². The number of carbonyl (C=O) groups is 2. The Labute approximate surface area is 201 Å². The molecule has 1 aliphatic heterocycles. The average molecular weight is 469 g/mol. The fraction of sp³-hybridized carbons (Fsp3) is 0.185. The Hall–Kier alpha value is -4.46. The second kappa shape index (κ2) is 8.39. The highest BCUT2D eigenvalue weighted by atomic mass is 16.5. The molecule has 1 unspecified atom stereocenters. The number of Topliss-reactive ketones (excluding diaryl/α,β-unsaturated/α-hetero) is 1. The second-order valence-corrected chi connectivity index (χ2v) is 8.67. The van der Waals surface area contributed by atoms with Crippen LogP contribution in [0, 0.1) is 20.8 Å². The number of nitrogens with one attached hydrogen (secondary N) is 1. The van der Waals surface area contributed by atoms with Gasteiger partial charge in [-0.05, 0) is 73.4 Å². The molecule has 0 radical (unpaired) electrons. The Kier molecular flexibility index (Phi) is 5.36. The summed E-state index contributed by atoms with van der Waals surface area (Å²) in [5.74, 6) is -0.932. The van der Waals surface area contributed by atoms with Crippen molar-refractivity contribution < 1.29 is 19.4 Å². The molecule has 0 aliphatic carbocycles. The molecular formula is C27H24N4O4. The Morgan fingerprint density at radius 2 is 1.89 bits per heavy atom. The first kappa shape index (κ1) is 22.3. The summed E-state index contributed by atoms with van der Waals surface area (Å²) < 4.78 is 5.38. The Bertz CT molecular complexity index is 1520. The van der Waals surface area contributed by atoms with Crippen LogP contribution in [0.5, 0.6) is 5.75 Å². The molecular weight excluding hydrogens is 444 g/mol. The fourth-order valence-electron chi connectivity index (χ4n) is 4.54. The number of ketones is 1. The third-order valence-corrected chi connectivity index (χ3v) is 6.29. The largest absolute Gasteiger partial charge is 0.507 e. The highest BCUT2D eigenvalue weighted by Crippen LogP contribution is 2.42. The molecule has 2 aromatic heterocycles. The van der Waals surface area contributed by atoms with Gasteiger partial charge in [-0.25, -0.2) is 4.98 Å². The molecule has 0 spiro atoms. The number of aliphatic hydroxyl groups excluding tert-OH is 1. The Balaban J connectivity index is 1.74. The van der Waals surface area contributed by atoms with Gasteiger partial charge in [0, 0.05) is 18.0 Å². The van der Waals surface area contributed by atoms with Crippen LogP contribution in [0.3, 0.4) is 0 Å². The van der Waals surface area contributed by atoms with Gasteiger partial charge in [0.15, 0.2) is 0 Å². The van der Waals surface area contributed by atoms with E-state index in [2.05, 4.69) is 15.0 Å². The zero-order valence-corrected chi connectivity index (χ0v) is 19.8. The van der Waals surface area contributed by atoms with Crippen molar-refractivity contribution >= 4 is 34.4 Å². The van der Waals surface area contributed by atoms with Crippen LogP contribution in [-0.2, 0) is 9.59 Å². The molecule has 1 saturated heterocycles. The van der Waals surface area contributed by atoms with Crippen LogP contribution >= 0.6 is 0 Å². The SMILES string of the molecule is COc1cc(C)c(/C(O)=C2\C(=O)C(=O)N(c3nc4ccc(C)cc4[nH]3)C2c2cccnc2)cc1C. The number of aryl methyl sites for hydroxylation is 3. The number of hydrogen-bond acceptors (Lipinski definition) is 6. The van der Waals surface area contributed by atoms with E-state index >= 15 is 0 Å². The topological polar surface area (TPSA) is 108 Å². The maximum Gasteiger partial charge on any atom is 0.302 e. The van der Waals surface area contributed by atoms with Gasteiger partial charge in [0.25, 0.3) is 5.78 Å². The monoisotopic (exact) mass is 468 g/mol. The quantitative estimate of drug-likeness (QED) is 0.259. The number of fused-ring (bicyclic) bond motifs is 1. The fourth-order valence-corrected chi connectivity index (χ4v) is 4.54. The van der Waals surface area contributed by atoms with E-state index in [0.717, 1.165) is 16.6 Å². The van der Waals surface area contributed by atoms with Gasteiger partial charge >= 0.3 is 5.91 Å². The summed E-state index contributed by atoms with van der Waals surface area (Å²) in [5, 5.41) is 11.4. The smallest absolute Gasteiger partial charge is 0.302 e. The van der Waals surface area contributed by atoms with Gasteiger partial charge in [-0.15, -0.1) is 0 Å². The van der Waals surface area contributed by atoms with Gasteiger partial charge < -0.3 is 14.8 Å². The Morgan fingerprint density at radius 1 is 1.09 bits per heavy atom. The zero-order valence-electron chi connectivity index (χ0n) is 19.8. The number of H-pyrrole nitrogens is 1. The lowest BCUT2D eigenvalue weighted by atomic mass is 9.94. The van der Waals surface area contributed by atoms with Crippen molar-refractivity contribution in [1.82, 2.24) is 15.0 Å². The van der Waals surface area contributed by atoms with Crippen LogP contribution in [0.1, 0.15) is 33.9 Å². The molecule has 35 heavy (non-hydrogen) atoms. The lowest BCUT2D eigenvalue weighted by Gasteiger charge is -2.23. The number of rotatable bonds is 4. The minimum absolute atomic E-state index is 0.0210. The summed E-state index contributed by atoms with van der Waals surface area (Å²) >= 11 is 0. The molecule has 5 rings (SSSR count). The highest BCUT2D eigenvalue weighted by molar-refractivity contribution is 6.51. The normalized spacial score (nSPS) is 17.4. The molecule has 2 aromatic carbocycles. The van der Waals surface area contributed by atoms with Gasteiger partial charge in [-0.3, -0.25) is 19.5 Å². The number of benzene rings is 2. The van der Waals surface area contributed by atoms with E-state index in [4.69, 9.17) is 4.74 Å². The molecule has 0 bridgehead atoms. The van der Waals surface area contributed by atoms with E-state index < -0.39 is 17.7 Å². The third kappa shape index (κ3) is 3.63. The molecule has 2 N–H and O–H groups in total. The number of hydrogen-bond donors (Lipinski definition) is 2. The van der Waals surface area contributed by atoms with Gasteiger partial charge in [0.1, 0.15) is 11.5 Å². The maximum absolute atomic E-state index is 13.4. The Morgan fingerprint density at radius 3 is 2.60 bits per heavy atom. The predicted octanol–water partition coefficient (Wildman–Crippen LogP) is 4.52. The summed E-state index contributed by atoms with van der Waals surface area (Å²) in [7, 11) is 1.57. The molecule has 1 atom stereocenters. The number of ether oxygens (including phenoxy) is 1. The van der Waals surface area contributed by atoms with Crippen molar-refractivity contribution in [3.05, 3.63) is 88.2 Å². The van der Waals surface area contributed by atoms with E-state index in [1.807, 2.05) is 39.0 Å². The van der Waals surface area contributed by atoms with Crippen molar-refractivity contribution in [2.75, 3.05) is 12.0 Å². The second-order valence-electron chi connectivity index (χ2n) is 8.67. The summed E-state index contributed by atoms with van der Waals surface area (Å²) in [4.78, 5) is 40.0. The summed E-state index contributed by atoms with van der Waals surface area (Å²) in [6.07, 6.45) is 3.19. The maximum atomic E-state index is 13.4. The number of nitrogens with zero attached hydrogens (tertiary/aromatic N) is 3. The first-order chi connectivity index (χ1) is 16.8. The van der Waals surface area contributed by atoms with E-state index in [-0.39, 0.29) is 17.3 Å². The number of anilines is 1. The number of pyridine rings is 1. The van der Waals surface area contributed by atoms with Gasteiger partial charge in [0.05, 0.1) is 29.8 Å².